The zero-order valence-corrected chi connectivity index (χ0v) is 8.54. The number of aryl methyl sites for hydroxylation is 1. The molecule has 1 aromatic rings. The van der Waals surface area contributed by atoms with Crippen LogP contribution in [0.15, 0.2) is 6.07 Å². The normalized spacial score (nSPS) is 13.7. The van der Waals surface area contributed by atoms with E-state index in [0.29, 0.717) is 11.4 Å². The summed E-state index contributed by atoms with van der Waals surface area (Å²) < 4.78 is 5.06. The Bertz CT molecular complexity index is 423. The van der Waals surface area contributed by atoms with Crippen molar-refractivity contribution in [3.05, 3.63) is 22.8 Å². The van der Waals surface area contributed by atoms with Gasteiger partial charge in [-0.1, -0.05) is 0 Å². The first kappa shape index (κ1) is 9.83. The van der Waals surface area contributed by atoms with Crippen molar-refractivity contribution in [3.8, 4) is 5.75 Å². The Morgan fingerprint density at radius 3 is 2.87 bits per heavy atom. The van der Waals surface area contributed by atoms with Gasteiger partial charge in [0.2, 0.25) is 0 Å². The van der Waals surface area contributed by atoms with Crippen molar-refractivity contribution in [1.29, 1.82) is 0 Å². The highest BCUT2D eigenvalue weighted by atomic mass is 16.5. The van der Waals surface area contributed by atoms with Gasteiger partial charge in [0, 0.05) is 0 Å². The number of aromatic carboxylic acids is 1. The fraction of sp³-hybridized carbons (Fsp3) is 0.364. The number of hydrogen-bond donors (Lipinski definition) is 2. The molecule has 0 saturated carbocycles. The van der Waals surface area contributed by atoms with E-state index in [1.807, 2.05) is 6.07 Å². The van der Waals surface area contributed by atoms with Crippen LogP contribution in [0.4, 0.5) is 5.69 Å². The molecule has 0 fully saturated rings. The highest BCUT2D eigenvalue weighted by Gasteiger charge is 2.25. The average Bonchev–Trinajstić information content (AvgIpc) is 2.62. The van der Waals surface area contributed by atoms with E-state index >= 15 is 0 Å². The monoisotopic (exact) mass is 207 g/mol. The molecule has 0 spiro atoms. The number of nitrogens with two attached hydrogens (primary N) is 1. The van der Waals surface area contributed by atoms with E-state index in [4.69, 9.17) is 15.6 Å². The van der Waals surface area contributed by atoms with Gasteiger partial charge in [-0.2, -0.15) is 0 Å². The van der Waals surface area contributed by atoms with Gasteiger partial charge in [-0.3, -0.25) is 0 Å². The highest BCUT2D eigenvalue weighted by molar-refractivity contribution is 5.95. The Kier molecular flexibility index (Phi) is 2.26. The van der Waals surface area contributed by atoms with E-state index in [-0.39, 0.29) is 5.56 Å². The van der Waals surface area contributed by atoms with Crippen molar-refractivity contribution in [1.82, 2.24) is 0 Å². The van der Waals surface area contributed by atoms with Gasteiger partial charge in [-0.15, -0.1) is 0 Å². The van der Waals surface area contributed by atoms with Crippen molar-refractivity contribution in [2.75, 3.05) is 12.8 Å². The molecule has 1 aliphatic carbocycles. The first-order chi connectivity index (χ1) is 7.15. The van der Waals surface area contributed by atoms with Gasteiger partial charge in [0.1, 0.15) is 5.56 Å². The molecule has 0 heterocycles. The fourth-order valence-electron chi connectivity index (χ4n) is 2.19. The van der Waals surface area contributed by atoms with Crippen LogP contribution in [-0.4, -0.2) is 18.2 Å². The van der Waals surface area contributed by atoms with Crippen LogP contribution in [0.1, 0.15) is 27.9 Å². The van der Waals surface area contributed by atoms with Crippen LogP contribution in [0.5, 0.6) is 5.75 Å². The van der Waals surface area contributed by atoms with Gasteiger partial charge in [0.15, 0.2) is 5.75 Å². The zero-order chi connectivity index (χ0) is 11.0. The Balaban J connectivity index is 2.71. The second-order valence-corrected chi connectivity index (χ2v) is 3.67. The zero-order valence-electron chi connectivity index (χ0n) is 8.54. The second-order valence-electron chi connectivity index (χ2n) is 3.67. The first-order valence-electron chi connectivity index (χ1n) is 4.86. The third-order valence-corrected chi connectivity index (χ3v) is 2.80. The molecule has 3 N–H and O–H groups in total. The van der Waals surface area contributed by atoms with Crippen molar-refractivity contribution >= 4 is 11.7 Å². The largest absolute Gasteiger partial charge is 0.494 e. The smallest absolute Gasteiger partial charge is 0.339 e. The minimum absolute atomic E-state index is 0.241. The van der Waals surface area contributed by atoms with E-state index in [9.17, 15) is 4.79 Å². The fourth-order valence-corrected chi connectivity index (χ4v) is 2.19. The molecule has 15 heavy (non-hydrogen) atoms. The predicted molar refractivity (Wildman–Crippen MR) is 56.4 cm³/mol. The van der Waals surface area contributed by atoms with E-state index < -0.39 is 5.97 Å². The van der Waals surface area contributed by atoms with Crippen LogP contribution in [0, 0.1) is 0 Å². The maximum Gasteiger partial charge on any atom is 0.339 e. The second kappa shape index (κ2) is 3.46. The molecule has 0 aliphatic heterocycles. The number of carboxylic acid groups (broad SMARTS) is 1. The Morgan fingerprint density at radius 2 is 2.27 bits per heavy atom. The number of nitrogen functional groups attached to an aromatic ring is 1. The molecule has 0 unspecified atom stereocenters. The van der Waals surface area contributed by atoms with Crippen LogP contribution in [0.25, 0.3) is 0 Å². The molecule has 0 radical (unpaired) electrons. The summed E-state index contributed by atoms with van der Waals surface area (Å²) in [5.74, 6) is -0.666. The molecule has 1 aliphatic rings. The van der Waals surface area contributed by atoms with Crippen LogP contribution in [0.2, 0.25) is 0 Å². The van der Waals surface area contributed by atoms with Crippen LogP contribution in [-0.2, 0) is 12.8 Å². The van der Waals surface area contributed by atoms with Crippen LogP contribution < -0.4 is 10.5 Å². The van der Waals surface area contributed by atoms with E-state index in [0.717, 1.165) is 30.4 Å². The lowest BCUT2D eigenvalue weighted by Gasteiger charge is -2.12. The van der Waals surface area contributed by atoms with E-state index in [1.54, 1.807) is 0 Å². The summed E-state index contributed by atoms with van der Waals surface area (Å²) in [6.07, 6.45) is 2.69. The minimum atomic E-state index is -0.961. The lowest BCUT2D eigenvalue weighted by molar-refractivity contribution is 0.0692. The number of benzene rings is 1. The number of carbonyl (C=O) groups is 1. The summed E-state index contributed by atoms with van der Waals surface area (Å²) in [5, 5.41) is 9.15. The maximum atomic E-state index is 11.2. The van der Waals surface area contributed by atoms with Gasteiger partial charge in [0.05, 0.1) is 12.8 Å². The standard InChI is InChI=1S/C11H13NO3/c1-15-10-8(12)5-6-3-2-4-7(6)9(10)11(13)14/h5H,2-4,12H2,1H3,(H,13,14). The summed E-state index contributed by atoms with van der Waals surface area (Å²) in [7, 11) is 1.44. The Morgan fingerprint density at radius 1 is 1.53 bits per heavy atom. The molecule has 0 atom stereocenters. The summed E-state index contributed by atoms with van der Waals surface area (Å²) in [6, 6.07) is 1.83. The van der Waals surface area contributed by atoms with Crippen molar-refractivity contribution in [3.63, 3.8) is 0 Å². The summed E-state index contributed by atoms with van der Waals surface area (Å²) in [6.45, 7) is 0. The van der Waals surface area contributed by atoms with Gasteiger partial charge >= 0.3 is 5.97 Å². The topological polar surface area (TPSA) is 72.5 Å². The molecule has 4 nitrogen and oxygen atoms in total. The minimum Gasteiger partial charge on any atom is -0.494 e. The lowest BCUT2D eigenvalue weighted by atomic mass is 10.0. The molecular weight excluding hydrogens is 194 g/mol. The van der Waals surface area contributed by atoms with Gasteiger partial charge in [0.25, 0.3) is 0 Å². The first-order valence-corrected chi connectivity index (χ1v) is 4.86. The average molecular weight is 207 g/mol. The van der Waals surface area contributed by atoms with Crippen LogP contribution in [0.3, 0.4) is 0 Å². The van der Waals surface area contributed by atoms with Crippen LogP contribution >= 0.6 is 0 Å². The van der Waals surface area contributed by atoms with Gasteiger partial charge < -0.3 is 15.6 Å². The summed E-state index contributed by atoms with van der Waals surface area (Å²) in [4.78, 5) is 11.2. The number of carboxylic acids is 1. The van der Waals surface area contributed by atoms with E-state index in [2.05, 4.69) is 0 Å². The number of ether oxygens (including phenoxy) is 1. The number of anilines is 1. The van der Waals surface area contributed by atoms with E-state index in [1.165, 1.54) is 7.11 Å². The number of fused-ring (bicyclic) bond motifs is 1. The summed E-state index contributed by atoms with van der Waals surface area (Å²) >= 11 is 0. The van der Waals surface area contributed by atoms with Gasteiger partial charge in [-0.05, 0) is 36.5 Å². The number of rotatable bonds is 2. The van der Waals surface area contributed by atoms with Crippen molar-refractivity contribution in [2.24, 2.45) is 0 Å². The highest BCUT2D eigenvalue weighted by Crippen LogP contribution is 2.36. The molecule has 0 bridgehead atoms. The molecule has 2 rings (SSSR count). The SMILES string of the molecule is COc1c(N)cc2c(c1C(=O)O)CCC2. The van der Waals surface area contributed by atoms with Crippen molar-refractivity contribution in [2.45, 2.75) is 19.3 Å². The lowest BCUT2D eigenvalue weighted by Crippen LogP contribution is -2.08. The van der Waals surface area contributed by atoms with Crippen molar-refractivity contribution < 1.29 is 14.6 Å². The third-order valence-electron chi connectivity index (χ3n) is 2.80. The Labute approximate surface area is 87.7 Å². The molecule has 4 heteroatoms. The molecule has 1 aromatic carbocycles. The molecular formula is C11H13NO3. The predicted octanol–water partition coefficient (Wildman–Crippen LogP) is 1.46. The molecule has 0 saturated heterocycles. The molecule has 0 aromatic heterocycles. The third kappa shape index (κ3) is 1.42. The molecule has 80 valence electrons. The maximum absolute atomic E-state index is 11.2. The number of hydrogen-bond acceptors (Lipinski definition) is 3. The number of methoxy groups -OCH3 is 1. The Hall–Kier alpha value is -1.71. The summed E-state index contributed by atoms with van der Waals surface area (Å²) in [5.41, 5.74) is 8.34. The quantitative estimate of drug-likeness (QED) is 0.720. The van der Waals surface area contributed by atoms with Gasteiger partial charge in [-0.25, -0.2) is 4.79 Å². The molecule has 0 amide bonds.